The van der Waals surface area contributed by atoms with Crippen molar-refractivity contribution in [3.8, 4) is 6.07 Å². The first-order chi connectivity index (χ1) is 13.4. The number of nitrogens with one attached hydrogen (secondary N) is 2. The minimum absolute atomic E-state index is 0.254. The minimum atomic E-state index is -0.546. The summed E-state index contributed by atoms with van der Waals surface area (Å²) >= 11 is 6.08. The third kappa shape index (κ3) is 4.30. The molecule has 0 bridgehead atoms. The molecule has 1 fully saturated rings. The molecule has 0 saturated heterocycles. The summed E-state index contributed by atoms with van der Waals surface area (Å²) in [6.45, 7) is 0. The number of ether oxygens (including phenoxy) is 1. The Morgan fingerprint density at radius 1 is 1.11 bits per heavy atom. The van der Waals surface area contributed by atoms with E-state index in [0.717, 1.165) is 0 Å². The van der Waals surface area contributed by atoms with E-state index < -0.39 is 17.8 Å². The average Bonchev–Trinajstić information content (AvgIpc) is 3.50. The largest absolute Gasteiger partial charge is 0.465 e. The molecule has 7 nitrogen and oxygen atoms in total. The average molecular weight is 398 g/mol. The normalized spacial score (nSPS) is 17.2. The predicted octanol–water partition coefficient (Wildman–Crippen LogP) is 3.21. The van der Waals surface area contributed by atoms with Crippen LogP contribution < -0.4 is 10.6 Å². The Morgan fingerprint density at radius 2 is 1.82 bits per heavy atom. The Hall–Kier alpha value is -3.37. The number of amides is 2. The second kappa shape index (κ2) is 8.11. The fourth-order valence-electron chi connectivity index (χ4n) is 2.77. The summed E-state index contributed by atoms with van der Waals surface area (Å²) < 4.78 is 4.65. The molecule has 0 heterocycles. The molecule has 8 heteroatoms. The highest BCUT2D eigenvalue weighted by atomic mass is 35.5. The number of rotatable bonds is 5. The topological polar surface area (TPSA) is 108 Å². The number of halogens is 1. The first-order valence-corrected chi connectivity index (χ1v) is 8.80. The molecular weight excluding hydrogens is 382 g/mol. The maximum absolute atomic E-state index is 12.4. The van der Waals surface area contributed by atoms with E-state index in [4.69, 9.17) is 16.9 Å². The summed E-state index contributed by atoms with van der Waals surface area (Å²) in [5.41, 5.74) is 1.47. The molecule has 2 atom stereocenters. The number of hydrogen-bond acceptors (Lipinski definition) is 5. The van der Waals surface area contributed by atoms with Gasteiger partial charge in [0.1, 0.15) is 0 Å². The Labute approximate surface area is 166 Å². The van der Waals surface area contributed by atoms with Crippen molar-refractivity contribution < 1.29 is 19.1 Å². The van der Waals surface area contributed by atoms with Crippen LogP contribution in [0.25, 0.3) is 0 Å². The standard InChI is InChI=1S/C20H16ClN3O4/c1-28-20(27)12-5-6-16(21)17(8-12)24-19(26)15-9-14(15)18(25)23-13-4-2-3-11(7-13)10-22/h2-8,14-15H,9H2,1H3,(H,23,25)(H,24,26). The zero-order chi connectivity index (χ0) is 20.3. The van der Waals surface area contributed by atoms with Crippen LogP contribution in [0.3, 0.4) is 0 Å². The summed E-state index contributed by atoms with van der Waals surface area (Å²) in [7, 11) is 1.26. The lowest BCUT2D eigenvalue weighted by molar-refractivity contribution is -0.122. The number of carbonyl (C=O) groups excluding carboxylic acids is 3. The second-order valence-corrected chi connectivity index (χ2v) is 6.71. The van der Waals surface area contributed by atoms with Gasteiger partial charge in [0.15, 0.2) is 0 Å². The molecule has 2 amide bonds. The van der Waals surface area contributed by atoms with Crippen LogP contribution in [0.5, 0.6) is 0 Å². The number of nitriles is 1. The molecule has 0 aromatic heterocycles. The lowest BCUT2D eigenvalue weighted by atomic mass is 10.2. The van der Waals surface area contributed by atoms with Crippen LogP contribution in [-0.2, 0) is 14.3 Å². The van der Waals surface area contributed by atoms with E-state index in [1.165, 1.54) is 25.3 Å². The Morgan fingerprint density at radius 3 is 2.50 bits per heavy atom. The summed E-state index contributed by atoms with van der Waals surface area (Å²) in [5, 5.41) is 14.6. The van der Waals surface area contributed by atoms with Gasteiger partial charge in [0, 0.05) is 5.69 Å². The minimum Gasteiger partial charge on any atom is -0.465 e. The lowest BCUT2D eigenvalue weighted by Gasteiger charge is -2.09. The smallest absolute Gasteiger partial charge is 0.337 e. The maximum Gasteiger partial charge on any atom is 0.337 e. The van der Waals surface area contributed by atoms with Gasteiger partial charge >= 0.3 is 5.97 Å². The molecule has 2 N–H and O–H groups in total. The molecule has 2 aromatic rings. The van der Waals surface area contributed by atoms with Crippen LogP contribution in [-0.4, -0.2) is 24.9 Å². The van der Waals surface area contributed by atoms with Crippen LogP contribution in [0, 0.1) is 23.2 Å². The molecule has 1 aliphatic carbocycles. The fraction of sp³-hybridized carbons (Fsp3) is 0.200. The van der Waals surface area contributed by atoms with E-state index in [-0.39, 0.29) is 28.1 Å². The first-order valence-electron chi connectivity index (χ1n) is 8.42. The first kappa shape index (κ1) is 19.4. The van der Waals surface area contributed by atoms with E-state index in [1.54, 1.807) is 24.3 Å². The SMILES string of the molecule is COC(=O)c1ccc(Cl)c(NC(=O)C2CC2C(=O)Nc2cccc(C#N)c2)c1. The number of hydrogen-bond donors (Lipinski definition) is 2. The Bertz CT molecular complexity index is 999. The highest BCUT2D eigenvalue weighted by Crippen LogP contribution is 2.40. The number of nitrogens with zero attached hydrogens (tertiary/aromatic N) is 1. The number of methoxy groups -OCH3 is 1. The van der Waals surface area contributed by atoms with Crippen molar-refractivity contribution in [2.75, 3.05) is 17.7 Å². The fourth-order valence-corrected chi connectivity index (χ4v) is 2.93. The number of anilines is 2. The number of benzene rings is 2. The molecule has 1 aliphatic rings. The Kier molecular flexibility index (Phi) is 5.62. The molecule has 2 aromatic carbocycles. The lowest BCUT2D eigenvalue weighted by Crippen LogP contribution is -2.21. The van der Waals surface area contributed by atoms with Gasteiger partial charge in [0.05, 0.1) is 46.9 Å². The van der Waals surface area contributed by atoms with E-state index in [0.29, 0.717) is 17.7 Å². The van der Waals surface area contributed by atoms with Gasteiger partial charge in [-0.05, 0) is 42.8 Å². The molecule has 3 rings (SSSR count). The highest BCUT2D eigenvalue weighted by Gasteiger charge is 2.48. The van der Waals surface area contributed by atoms with Crippen molar-refractivity contribution in [2.24, 2.45) is 11.8 Å². The third-order valence-electron chi connectivity index (χ3n) is 4.37. The third-order valence-corrected chi connectivity index (χ3v) is 4.70. The van der Waals surface area contributed by atoms with Crippen molar-refractivity contribution in [1.82, 2.24) is 0 Å². The van der Waals surface area contributed by atoms with Crippen molar-refractivity contribution in [1.29, 1.82) is 5.26 Å². The summed E-state index contributed by atoms with van der Waals surface area (Å²) in [4.78, 5) is 36.4. The molecule has 2 unspecified atom stereocenters. The van der Waals surface area contributed by atoms with Gasteiger partial charge in [-0.2, -0.15) is 5.26 Å². The summed E-state index contributed by atoms with van der Waals surface area (Å²) in [6.07, 6.45) is 0.407. The van der Waals surface area contributed by atoms with E-state index in [9.17, 15) is 14.4 Å². The number of esters is 1. The molecular formula is C20H16ClN3O4. The molecule has 0 aliphatic heterocycles. The van der Waals surface area contributed by atoms with Gasteiger partial charge in [-0.25, -0.2) is 4.79 Å². The van der Waals surface area contributed by atoms with Gasteiger partial charge in [-0.3, -0.25) is 9.59 Å². The number of carbonyl (C=O) groups is 3. The van der Waals surface area contributed by atoms with Crippen LogP contribution in [0.15, 0.2) is 42.5 Å². The monoisotopic (exact) mass is 397 g/mol. The highest BCUT2D eigenvalue weighted by molar-refractivity contribution is 6.34. The molecule has 0 spiro atoms. The molecule has 1 saturated carbocycles. The van der Waals surface area contributed by atoms with Gasteiger partial charge in [-0.15, -0.1) is 0 Å². The van der Waals surface area contributed by atoms with Crippen molar-refractivity contribution in [2.45, 2.75) is 6.42 Å². The van der Waals surface area contributed by atoms with Crippen LogP contribution in [0.4, 0.5) is 11.4 Å². The van der Waals surface area contributed by atoms with Gasteiger partial charge in [-0.1, -0.05) is 17.7 Å². The van der Waals surface area contributed by atoms with Gasteiger partial charge in [0.25, 0.3) is 0 Å². The second-order valence-electron chi connectivity index (χ2n) is 6.31. The zero-order valence-corrected chi connectivity index (χ0v) is 15.6. The van der Waals surface area contributed by atoms with Gasteiger partial charge < -0.3 is 15.4 Å². The summed E-state index contributed by atoms with van der Waals surface area (Å²) in [6, 6.07) is 12.9. The van der Waals surface area contributed by atoms with E-state index in [1.807, 2.05) is 6.07 Å². The van der Waals surface area contributed by atoms with Gasteiger partial charge in [0.2, 0.25) is 11.8 Å². The van der Waals surface area contributed by atoms with Crippen molar-refractivity contribution in [3.05, 3.63) is 58.6 Å². The van der Waals surface area contributed by atoms with Crippen molar-refractivity contribution in [3.63, 3.8) is 0 Å². The van der Waals surface area contributed by atoms with E-state index >= 15 is 0 Å². The maximum atomic E-state index is 12.4. The van der Waals surface area contributed by atoms with Crippen LogP contribution in [0.2, 0.25) is 5.02 Å². The Balaban J connectivity index is 1.62. The molecule has 0 radical (unpaired) electrons. The quantitative estimate of drug-likeness (QED) is 0.753. The van der Waals surface area contributed by atoms with Crippen molar-refractivity contribution >= 4 is 40.8 Å². The van der Waals surface area contributed by atoms with Crippen LogP contribution >= 0.6 is 11.6 Å². The zero-order valence-electron chi connectivity index (χ0n) is 14.9. The van der Waals surface area contributed by atoms with E-state index in [2.05, 4.69) is 15.4 Å². The summed E-state index contributed by atoms with van der Waals surface area (Å²) in [5.74, 6) is -2.14. The molecule has 142 valence electrons. The van der Waals surface area contributed by atoms with Crippen LogP contribution in [0.1, 0.15) is 22.3 Å². The molecule has 28 heavy (non-hydrogen) atoms. The predicted molar refractivity (Wildman–Crippen MR) is 103 cm³/mol.